The van der Waals surface area contributed by atoms with Gasteiger partial charge in [-0.05, 0) is 24.3 Å². The lowest BCUT2D eigenvalue weighted by molar-refractivity contribution is -0.122. The number of anilines is 1. The highest BCUT2D eigenvalue weighted by molar-refractivity contribution is 8.26. The van der Waals surface area contributed by atoms with Crippen molar-refractivity contribution < 1.29 is 19.4 Å². The molecule has 1 aliphatic rings. The van der Waals surface area contributed by atoms with Crippen molar-refractivity contribution in [3.05, 3.63) is 59.0 Å². The zero-order valence-corrected chi connectivity index (χ0v) is 16.7. The van der Waals surface area contributed by atoms with Gasteiger partial charge in [-0.25, -0.2) is 0 Å². The van der Waals surface area contributed by atoms with Gasteiger partial charge in [-0.3, -0.25) is 14.5 Å². The Morgan fingerprint density at radius 2 is 2.07 bits per heavy atom. The topological polar surface area (TPSA) is 78.9 Å². The minimum absolute atomic E-state index is 0.0659. The molecule has 2 amide bonds. The van der Waals surface area contributed by atoms with E-state index in [1.54, 1.807) is 25.3 Å². The maximum atomic E-state index is 12.7. The summed E-state index contributed by atoms with van der Waals surface area (Å²) in [5, 5.41) is 12.1. The van der Waals surface area contributed by atoms with Gasteiger partial charge in [0, 0.05) is 30.3 Å². The Kier molecular flexibility index (Phi) is 6.33. The van der Waals surface area contributed by atoms with Crippen molar-refractivity contribution in [1.82, 2.24) is 4.90 Å². The molecule has 1 heterocycles. The van der Waals surface area contributed by atoms with Crippen LogP contribution < -0.4 is 10.1 Å². The summed E-state index contributed by atoms with van der Waals surface area (Å²) >= 11 is 6.50. The van der Waals surface area contributed by atoms with Crippen LogP contribution in [0.1, 0.15) is 12.0 Å². The molecule has 2 N–H and O–H groups in total. The normalized spacial score (nSPS) is 15.2. The van der Waals surface area contributed by atoms with E-state index in [2.05, 4.69) is 5.32 Å². The number of aromatic hydroxyl groups is 1. The zero-order chi connectivity index (χ0) is 20.1. The number of rotatable bonds is 6. The second-order valence-electron chi connectivity index (χ2n) is 5.92. The Hall–Kier alpha value is -2.84. The van der Waals surface area contributed by atoms with Crippen molar-refractivity contribution in [2.24, 2.45) is 0 Å². The van der Waals surface area contributed by atoms with Gasteiger partial charge in [0.2, 0.25) is 5.91 Å². The molecule has 0 aliphatic carbocycles. The second-order valence-corrected chi connectivity index (χ2v) is 7.60. The van der Waals surface area contributed by atoms with Crippen LogP contribution >= 0.6 is 24.0 Å². The van der Waals surface area contributed by atoms with Gasteiger partial charge >= 0.3 is 0 Å². The standard InChI is InChI=1S/C20H18N2O4S2/c1-26-16-8-3-2-5-13(16)11-17-19(25)22(20(27)28-17)10-9-18(24)21-14-6-4-7-15(23)12-14/h2-8,11-12,23H,9-10H2,1H3,(H,21,24). The average molecular weight is 415 g/mol. The molecule has 1 fully saturated rings. The summed E-state index contributed by atoms with van der Waals surface area (Å²) in [4.78, 5) is 26.7. The second kappa shape index (κ2) is 8.90. The Bertz CT molecular complexity index is 959. The highest BCUT2D eigenvalue weighted by Crippen LogP contribution is 2.34. The number of methoxy groups -OCH3 is 1. The van der Waals surface area contributed by atoms with E-state index in [-0.39, 0.29) is 30.5 Å². The van der Waals surface area contributed by atoms with Crippen LogP contribution in [0.5, 0.6) is 11.5 Å². The van der Waals surface area contributed by atoms with Gasteiger partial charge < -0.3 is 15.2 Å². The summed E-state index contributed by atoms with van der Waals surface area (Å²) in [6.45, 7) is 0.179. The molecule has 1 saturated heterocycles. The Morgan fingerprint density at radius 1 is 1.29 bits per heavy atom. The lowest BCUT2D eigenvalue weighted by Gasteiger charge is -2.14. The van der Waals surface area contributed by atoms with Gasteiger partial charge in [-0.1, -0.05) is 48.2 Å². The van der Waals surface area contributed by atoms with Crippen LogP contribution in [-0.2, 0) is 9.59 Å². The van der Waals surface area contributed by atoms with Crippen LogP contribution in [0, 0.1) is 0 Å². The Labute approximate surface area is 172 Å². The number of benzene rings is 2. The molecule has 0 radical (unpaired) electrons. The van der Waals surface area contributed by atoms with Crippen molar-refractivity contribution in [2.75, 3.05) is 19.0 Å². The number of nitrogens with zero attached hydrogens (tertiary/aromatic N) is 1. The lowest BCUT2D eigenvalue weighted by Crippen LogP contribution is -2.31. The molecule has 0 bridgehead atoms. The molecule has 0 saturated carbocycles. The van der Waals surface area contributed by atoms with Crippen LogP contribution in [0.3, 0.4) is 0 Å². The molecule has 0 atom stereocenters. The fourth-order valence-corrected chi connectivity index (χ4v) is 3.94. The number of hydrogen-bond acceptors (Lipinski definition) is 6. The fraction of sp³-hybridized carbons (Fsp3) is 0.150. The van der Waals surface area contributed by atoms with Crippen molar-refractivity contribution in [1.29, 1.82) is 0 Å². The van der Waals surface area contributed by atoms with Gasteiger partial charge in [0.15, 0.2) is 0 Å². The molecule has 0 aromatic heterocycles. The third-order valence-electron chi connectivity index (χ3n) is 3.99. The molecule has 3 rings (SSSR count). The van der Waals surface area contributed by atoms with E-state index in [1.807, 2.05) is 24.3 Å². The highest BCUT2D eigenvalue weighted by Gasteiger charge is 2.32. The van der Waals surface area contributed by atoms with Crippen LogP contribution in [0.25, 0.3) is 6.08 Å². The molecular weight excluding hydrogens is 396 g/mol. The number of phenolic OH excluding ortho intramolecular Hbond substituents is 1. The van der Waals surface area contributed by atoms with Crippen LogP contribution in [0.2, 0.25) is 0 Å². The monoisotopic (exact) mass is 414 g/mol. The number of thioether (sulfide) groups is 1. The quantitative estimate of drug-likeness (QED) is 0.555. The van der Waals surface area contributed by atoms with Crippen LogP contribution in [-0.4, -0.2) is 39.8 Å². The Balaban J connectivity index is 1.64. The molecule has 28 heavy (non-hydrogen) atoms. The number of hydrogen-bond donors (Lipinski definition) is 2. The number of nitrogens with one attached hydrogen (secondary N) is 1. The summed E-state index contributed by atoms with van der Waals surface area (Å²) in [6, 6.07) is 13.7. The van der Waals surface area contributed by atoms with Gasteiger partial charge in [0.05, 0.1) is 12.0 Å². The first-order chi connectivity index (χ1) is 13.5. The third-order valence-corrected chi connectivity index (χ3v) is 5.37. The summed E-state index contributed by atoms with van der Waals surface area (Å²) < 4.78 is 5.72. The molecule has 2 aromatic carbocycles. The first kappa shape index (κ1) is 19.9. The predicted molar refractivity (Wildman–Crippen MR) is 114 cm³/mol. The van der Waals surface area contributed by atoms with Gasteiger partial charge in [-0.2, -0.15) is 0 Å². The van der Waals surface area contributed by atoms with Crippen molar-refractivity contribution >= 4 is 51.9 Å². The summed E-state index contributed by atoms with van der Waals surface area (Å²) in [7, 11) is 1.57. The van der Waals surface area contributed by atoms with E-state index in [9.17, 15) is 14.7 Å². The number of ether oxygens (including phenoxy) is 1. The van der Waals surface area contributed by atoms with Crippen molar-refractivity contribution in [3.63, 3.8) is 0 Å². The molecule has 6 nitrogen and oxygen atoms in total. The summed E-state index contributed by atoms with van der Waals surface area (Å²) in [5.41, 5.74) is 1.28. The molecule has 0 spiro atoms. The summed E-state index contributed by atoms with van der Waals surface area (Å²) in [6.07, 6.45) is 1.83. The van der Waals surface area contributed by atoms with Crippen molar-refractivity contribution in [2.45, 2.75) is 6.42 Å². The number of amides is 2. The zero-order valence-electron chi connectivity index (χ0n) is 15.0. The van der Waals surface area contributed by atoms with Gasteiger partial charge in [-0.15, -0.1) is 0 Å². The van der Waals surface area contributed by atoms with Crippen LogP contribution in [0.4, 0.5) is 5.69 Å². The maximum Gasteiger partial charge on any atom is 0.266 e. The number of phenols is 1. The third kappa shape index (κ3) is 4.71. The SMILES string of the molecule is COc1ccccc1C=C1SC(=S)N(CCC(=O)Nc2cccc(O)c2)C1=O. The number of para-hydroxylation sites is 1. The molecule has 1 aliphatic heterocycles. The number of thiocarbonyl (C=S) groups is 1. The first-order valence-corrected chi connectivity index (χ1v) is 9.67. The fourth-order valence-electron chi connectivity index (χ4n) is 2.64. The van der Waals surface area contributed by atoms with E-state index in [1.165, 1.54) is 28.8 Å². The lowest BCUT2D eigenvalue weighted by atomic mass is 10.2. The molecular formula is C20H18N2O4S2. The van der Waals surface area contributed by atoms with E-state index in [0.717, 1.165) is 5.56 Å². The molecule has 2 aromatic rings. The largest absolute Gasteiger partial charge is 0.508 e. The van der Waals surface area contributed by atoms with Gasteiger partial charge in [0.1, 0.15) is 15.8 Å². The maximum absolute atomic E-state index is 12.7. The molecule has 0 unspecified atom stereocenters. The highest BCUT2D eigenvalue weighted by atomic mass is 32.2. The smallest absolute Gasteiger partial charge is 0.266 e. The molecule has 8 heteroatoms. The number of carbonyl (C=O) groups excluding carboxylic acids is 2. The van der Waals surface area contributed by atoms with Crippen molar-refractivity contribution in [3.8, 4) is 11.5 Å². The minimum Gasteiger partial charge on any atom is -0.508 e. The predicted octanol–water partition coefficient (Wildman–Crippen LogP) is 3.63. The average Bonchev–Trinajstić information content (AvgIpc) is 2.93. The van der Waals surface area contributed by atoms with Gasteiger partial charge in [0.25, 0.3) is 5.91 Å². The van der Waals surface area contributed by atoms with E-state index in [0.29, 0.717) is 20.7 Å². The Morgan fingerprint density at radius 3 is 2.82 bits per heavy atom. The first-order valence-electron chi connectivity index (χ1n) is 8.45. The van der Waals surface area contributed by atoms with Crippen LogP contribution in [0.15, 0.2) is 53.4 Å². The van der Waals surface area contributed by atoms with E-state index < -0.39 is 0 Å². The molecule has 144 valence electrons. The van der Waals surface area contributed by atoms with E-state index in [4.69, 9.17) is 17.0 Å². The summed E-state index contributed by atoms with van der Waals surface area (Å²) in [5.74, 6) is 0.230. The van der Waals surface area contributed by atoms with E-state index >= 15 is 0 Å². The number of carbonyl (C=O) groups is 2. The minimum atomic E-state index is -0.270.